The Bertz CT molecular complexity index is 601. The van der Waals surface area contributed by atoms with Gasteiger partial charge in [0.15, 0.2) is 0 Å². The molecular formula is C14H20N4O. The number of nitrogens with two attached hydrogens (primary N) is 1. The third kappa shape index (κ3) is 3.12. The molecule has 102 valence electrons. The van der Waals surface area contributed by atoms with Crippen molar-refractivity contribution in [2.24, 2.45) is 12.8 Å². The summed E-state index contributed by atoms with van der Waals surface area (Å²) in [5.74, 6) is 0.640. The third-order valence-electron chi connectivity index (χ3n) is 3.22. The lowest BCUT2D eigenvalue weighted by atomic mass is 10.0. The molecule has 0 aliphatic rings. The van der Waals surface area contributed by atoms with Crippen molar-refractivity contribution >= 4 is 16.9 Å². The van der Waals surface area contributed by atoms with Gasteiger partial charge in [-0.05, 0) is 26.0 Å². The molecule has 0 spiro atoms. The van der Waals surface area contributed by atoms with Gasteiger partial charge in [0.2, 0.25) is 5.91 Å². The molecule has 1 aromatic heterocycles. The van der Waals surface area contributed by atoms with E-state index in [1.165, 1.54) is 0 Å². The van der Waals surface area contributed by atoms with Crippen LogP contribution in [0, 0.1) is 0 Å². The van der Waals surface area contributed by atoms with Gasteiger partial charge >= 0.3 is 0 Å². The highest BCUT2D eigenvalue weighted by Gasteiger charge is 2.20. The van der Waals surface area contributed by atoms with E-state index >= 15 is 0 Å². The van der Waals surface area contributed by atoms with Gasteiger partial charge in [0.05, 0.1) is 17.6 Å². The molecule has 0 radical (unpaired) electrons. The standard InChI is InChI=1S/C14H20N4O/c1-14(2,8-12(15)19)16-9-13-17-10-6-4-5-7-11(10)18(13)3/h4-7,16H,8-9H2,1-3H3,(H2,15,19). The molecule has 0 saturated carbocycles. The molecule has 19 heavy (non-hydrogen) atoms. The number of amides is 1. The van der Waals surface area contributed by atoms with Gasteiger partial charge in [0, 0.05) is 19.0 Å². The first kappa shape index (κ1) is 13.5. The van der Waals surface area contributed by atoms with Crippen LogP contribution in [-0.4, -0.2) is 21.0 Å². The van der Waals surface area contributed by atoms with Crippen molar-refractivity contribution in [2.75, 3.05) is 0 Å². The molecule has 1 heterocycles. The van der Waals surface area contributed by atoms with E-state index in [2.05, 4.69) is 14.9 Å². The van der Waals surface area contributed by atoms with Crippen LogP contribution < -0.4 is 11.1 Å². The smallest absolute Gasteiger partial charge is 0.219 e. The number of fused-ring (bicyclic) bond motifs is 1. The van der Waals surface area contributed by atoms with Crippen LogP contribution in [0.15, 0.2) is 24.3 Å². The summed E-state index contributed by atoms with van der Waals surface area (Å²) in [7, 11) is 1.99. The first-order valence-electron chi connectivity index (χ1n) is 6.33. The fraction of sp³-hybridized carbons (Fsp3) is 0.429. The van der Waals surface area contributed by atoms with Crippen molar-refractivity contribution in [3.05, 3.63) is 30.1 Å². The number of nitrogens with one attached hydrogen (secondary N) is 1. The molecule has 0 bridgehead atoms. The van der Waals surface area contributed by atoms with E-state index in [1.807, 2.05) is 45.2 Å². The van der Waals surface area contributed by atoms with Crippen LogP contribution in [0.1, 0.15) is 26.1 Å². The average molecular weight is 260 g/mol. The second-order valence-electron chi connectivity index (χ2n) is 5.46. The van der Waals surface area contributed by atoms with Gasteiger partial charge in [-0.3, -0.25) is 4.79 Å². The molecule has 0 atom stereocenters. The number of primary amides is 1. The van der Waals surface area contributed by atoms with Crippen molar-refractivity contribution in [1.29, 1.82) is 0 Å². The second-order valence-corrected chi connectivity index (χ2v) is 5.46. The number of hydrogen-bond donors (Lipinski definition) is 2. The number of rotatable bonds is 5. The summed E-state index contributed by atoms with van der Waals surface area (Å²) < 4.78 is 2.06. The van der Waals surface area contributed by atoms with Gasteiger partial charge in [-0.2, -0.15) is 0 Å². The first-order valence-corrected chi connectivity index (χ1v) is 6.33. The molecule has 0 aliphatic carbocycles. The van der Waals surface area contributed by atoms with Crippen LogP contribution in [0.2, 0.25) is 0 Å². The highest BCUT2D eigenvalue weighted by Crippen LogP contribution is 2.15. The number of para-hydroxylation sites is 2. The number of carbonyl (C=O) groups is 1. The van der Waals surface area contributed by atoms with Gasteiger partial charge in [-0.25, -0.2) is 4.98 Å². The van der Waals surface area contributed by atoms with Crippen LogP contribution in [-0.2, 0) is 18.4 Å². The summed E-state index contributed by atoms with van der Waals surface area (Å²) in [6, 6.07) is 8.01. The van der Waals surface area contributed by atoms with Crippen molar-refractivity contribution in [3.8, 4) is 0 Å². The van der Waals surface area contributed by atoms with Gasteiger partial charge in [-0.1, -0.05) is 12.1 Å². The highest BCUT2D eigenvalue weighted by atomic mass is 16.1. The Kier molecular flexibility index (Phi) is 3.57. The largest absolute Gasteiger partial charge is 0.370 e. The lowest BCUT2D eigenvalue weighted by Crippen LogP contribution is -2.42. The molecule has 2 aromatic rings. The Morgan fingerprint density at radius 2 is 2.11 bits per heavy atom. The second kappa shape index (κ2) is 5.01. The zero-order valence-corrected chi connectivity index (χ0v) is 11.6. The molecule has 5 nitrogen and oxygen atoms in total. The minimum Gasteiger partial charge on any atom is -0.370 e. The van der Waals surface area contributed by atoms with Crippen LogP contribution in [0.4, 0.5) is 0 Å². The summed E-state index contributed by atoms with van der Waals surface area (Å²) in [6.07, 6.45) is 0.303. The maximum atomic E-state index is 11.0. The lowest BCUT2D eigenvalue weighted by Gasteiger charge is -2.24. The van der Waals surface area contributed by atoms with Gasteiger partial charge < -0.3 is 15.6 Å². The van der Waals surface area contributed by atoms with Crippen LogP contribution in [0.25, 0.3) is 11.0 Å². The molecule has 0 saturated heterocycles. The first-order chi connectivity index (χ1) is 8.89. The van der Waals surface area contributed by atoms with Gasteiger partial charge in [-0.15, -0.1) is 0 Å². The minimum absolute atomic E-state index is 0.303. The van der Waals surface area contributed by atoms with E-state index in [-0.39, 0.29) is 11.4 Å². The van der Waals surface area contributed by atoms with Gasteiger partial charge in [0.1, 0.15) is 5.82 Å². The van der Waals surface area contributed by atoms with E-state index in [0.717, 1.165) is 16.9 Å². The summed E-state index contributed by atoms with van der Waals surface area (Å²) in [5, 5.41) is 3.32. The van der Waals surface area contributed by atoms with E-state index in [9.17, 15) is 4.79 Å². The predicted octanol–water partition coefficient (Wildman–Crippen LogP) is 1.32. The normalized spacial score (nSPS) is 11.9. The monoisotopic (exact) mass is 260 g/mol. The van der Waals surface area contributed by atoms with E-state index < -0.39 is 0 Å². The Morgan fingerprint density at radius 1 is 1.42 bits per heavy atom. The topological polar surface area (TPSA) is 72.9 Å². The van der Waals surface area contributed by atoms with Crippen LogP contribution in [0.5, 0.6) is 0 Å². The number of aromatic nitrogens is 2. The maximum absolute atomic E-state index is 11.0. The Hall–Kier alpha value is -1.88. The molecule has 0 aliphatic heterocycles. The molecule has 0 fully saturated rings. The zero-order chi connectivity index (χ0) is 14.0. The minimum atomic E-state index is -0.329. The number of nitrogens with zero attached hydrogens (tertiary/aromatic N) is 2. The number of aryl methyl sites for hydroxylation is 1. The van der Waals surface area contributed by atoms with Crippen molar-refractivity contribution in [1.82, 2.24) is 14.9 Å². The fourth-order valence-corrected chi connectivity index (χ4v) is 2.17. The molecule has 5 heteroatoms. The Labute approximate surface area is 112 Å². The van der Waals surface area contributed by atoms with E-state index in [4.69, 9.17) is 5.73 Å². The number of carbonyl (C=O) groups excluding carboxylic acids is 1. The molecule has 1 aromatic carbocycles. The summed E-state index contributed by atoms with van der Waals surface area (Å²) in [5.41, 5.74) is 6.99. The number of imidazole rings is 1. The number of benzene rings is 1. The summed E-state index contributed by atoms with van der Waals surface area (Å²) in [6.45, 7) is 4.52. The molecular weight excluding hydrogens is 240 g/mol. The molecule has 1 amide bonds. The van der Waals surface area contributed by atoms with E-state index in [0.29, 0.717) is 13.0 Å². The lowest BCUT2D eigenvalue weighted by molar-refractivity contribution is -0.119. The Morgan fingerprint density at radius 3 is 2.74 bits per heavy atom. The Balaban J connectivity index is 2.14. The quantitative estimate of drug-likeness (QED) is 0.851. The van der Waals surface area contributed by atoms with Gasteiger partial charge in [0.25, 0.3) is 0 Å². The molecule has 3 N–H and O–H groups in total. The SMILES string of the molecule is Cn1c(CNC(C)(C)CC(N)=O)nc2ccccc21. The third-order valence-corrected chi connectivity index (χ3v) is 3.22. The summed E-state index contributed by atoms with van der Waals surface area (Å²) in [4.78, 5) is 15.6. The zero-order valence-electron chi connectivity index (χ0n) is 11.6. The predicted molar refractivity (Wildman–Crippen MR) is 75.4 cm³/mol. The summed E-state index contributed by atoms with van der Waals surface area (Å²) >= 11 is 0. The molecule has 0 unspecified atom stereocenters. The number of hydrogen-bond acceptors (Lipinski definition) is 3. The fourth-order valence-electron chi connectivity index (χ4n) is 2.17. The van der Waals surface area contributed by atoms with Crippen LogP contribution in [0.3, 0.4) is 0 Å². The van der Waals surface area contributed by atoms with Crippen LogP contribution >= 0.6 is 0 Å². The average Bonchev–Trinajstić information content (AvgIpc) is 2.63. The van der Waals surface area contributed by atoms with Crippen molar-refractivity contribution in [2.45, 2.75) is 32.4 Å². The van der Waals surface area contributed by atoms with Crippen molar-refractivity contribution < 1.29 is 4.79 Å². The van der Waals surface area contributed by atoms with E-state index in [1.54, 1.807) is 0 Å². The highest BCUT2D eigenvalue weighted by molar-refractivity contribution is 5.76. The maximum Gasteiger partial charge on any atom is 0.219 e. The van der Waals surface area contributed by atoms with Crippen molar-refractivity contribution in [3.63, 3.8) is 0 Å². The molecule has 2 rings (SSSR count).